The van der Waals surface area contributed by atoms with Gasteiger partial charge in [0.1, 0.15) is 5.75 Å². The molecule has 0 aliphatic rings. The summed E-state index contributed by atoms with van der Waals surface area (Å²) < 4.78 is 5.47. The van der Waals surface area contributed by atoms with Gasteiger partial charge in [-0.1, -0.05) is 19.1 Å². The lowest BCUT2D eigenvalue weighted by atomic mass is 10.1. The van der Waals surface area contributed by atoms with Crippen molar-refractivity contribution in [3.05, 3.63) is 51.7 Å². The van der Waals surface area contributed by atoms with E-state index in [0.717, 1.165) is 18.7 Å². The Kier molecular flexibility index (Phi) is 5.62. The van der Waals surface area contributed by atoms with E-state index in [-0.39, 0.29) is 0 Å². The number of aryl methyl sites for hydroxylation is 1. The maximum atomic E-state index is 5.47. The Bertz CT molecular complexity index is 518. The fraction of sp³-hybridized carbons (Fsp3) is 0.412. The van der Waals surface area contributed by atoms with Gasteiger partial charge in [-0.05, 0) is 50.1 Å². The molecule has 1 aromatic carbocycles. The third-order valence-electron chi connectivity index (χ3n) is 3.34. The largest absolute Gasteiger partial charge is 0.494 e. The average molecular weight is 289 g/mol. The summed E-state index contributed by atoms with van der Waals surface area (Å²) in [5.41, 5.74) is 1.29. The van der Waals surface area contributed by atoms with Crippen LogP contribution in [0, 0.1) is 0 Å². The fourth-order valence-corrected chi connectivity index (χ4v) is 3.01. The van der Waals surface area contributed by atoms with Crippen molar-refractivity contribution >= 4 is 11.3 Å². The van der Waals surface area contributed by atoms with Gasteiger partial charge in [-0.25, -0.2) is 0 Å². The van der Waals surface area contributed by atoms with Crippen molar-refractivity contribution in [1.29, 1.82) is 0 Å². The van der Waals surface area contributed by atoms with E-state index in [1.807, 2.05) is 30.4 Å². The minimum Gasteiger partial charge on any atom is -0.494 e. The van der Waals surface area contributed by atoms with Crippen LogP contribution in [0.3, 0.4) is 0 Å². The first-order chi connectivity index (χ1) is 9.72. The summed E-state index contributed by atoms with van der Waals surface area (Å²) in [4.78, 5) is 2.86. The van der Waals surface area contributed by atoms with E-state index in [9.17, 15) is 0 Å². The third kappa shape index (κ3) is 4.09. The first-order valence-electron chi connectivity index (χ1n) is 7.26. The molecule has 0 aliphatic carbocycles. The Labute approximate surface area is 125 Å². The quantitative estimate of drug-likeness (QED) is 0.806. The summed E-state index contributed by atoms with van der Waals surface area (Å²) in [6.45, 7) is 8.05. The minimum absolute atomic E-state index is 0.345. The number of rotatable bonds is 7. The molecule has 3 heteroatoms. The Morgan fingerprint density at radius 3 is 2.35 bits per heavy atom. The molecule has 0 aliphatic heterocycles. The van der Waals surface area contributed by atoms with E-state index in [1.165, 1.54) is 15.3 Å². The standard InChI is InChI=1S/C17H23NOS/c1-4-16-10-11-17(20-16)12-18-13(3)14-6-8-15(9-7-14)19-5-2/h6-11,13,18H,4-5,12H2,1-3H3. The lowest BCUT2D eigenvalue weighted by molar-refractivity contribution is 0.340. The summed E-state index contributed by atoms with van der Waals surface area (Å²) in [7, 11) is 0. The number of hydrogen-bond acceptors (Lipinski definition) is 3. The van der Waals surface area contributed by atoms with Crippen molar-refractivity contribution in [2.45, 2.75) is 39.8 Å². The molecule has 1 N–H and O–H groups in total. The zero-order valence-corrected chi connectivity index (χ0v) is 13.3. The van der Waals surface area contributed by atoms with E-state index in [4.69, 9.17) is 4.74 Å². The number of nitrogens with one attached hydrogen (secondary N) is 1. The van der Waals surface area contributed by atoms with E-state index in [0.29, 0.717) is 12.6 Å². The molecule has 0 saturated carbocycles. The Morgan fingerprint density at radius 1 is 1.05 bits per heavy atom. The molecule has 2 rings (SSSR count). The Morgan fingerprint density at radius 2 is 1.75 bits per heavy atom. The Balaban J connectivity index is 1.89. The fourth-order valence-electron chi connectivity index (χ4n) is 2.10. The maximum Gasteiger partial charge on any atom is 0.119 e. The van der Waals surface area contributed by atoms with Crippen LogP contribution in [0.15, 0.2) is 36.4 Å². The van der Waals surface area contributed by atoms with Crippen molar-refractivity contribution in [1.82, 2.24) is 5.32 Å². The molecule has 0 bridgehead atoms. The van der Waals surface area contributed by atoms with Crippen LogP contribution in [0.2, 0.25) is 0 Å². The van der Waals surface area contributed by atoms with Crippen LogP contribution < -0.4 is 10.1 Å². The van der Waals surface area contributed by atoms with E-state index < -0.39 is 0 Å². The van der Waals surface area contributed by atoms with Crippen LogP contribution in [0.25, 0.3) is 0 Å². The van der Waals surface area contributed by atoms with Gasteiger partial charge in [0.2, 0.25) is 0 Å². The zero-order valence-electron chi connectivity index (χ0n) is 12.5. The summed E-state index contributed by atoms with van der Waals surface area (Å²) in [6, 6.07) is 13.1. The average Bonchev–Trinajstić information content (AvgIpc) is 2.94. The van der Waals surface area contributed by atoms with Gasteiger partial charge < -0.3 is 10.1 Å². The molecular formula is C17H23NOS. The lowest BCUT2D eigenvalue weighted by Gasteiger charge is -2.14. The van der Waals surface area contributed by atoms with Crippen LogP contribution in [0.4, 0.5) is 0 Å². The second-order valence-corrected chi connectivity index (χ2v) is 6.08. The highest BCUT2D eigenvalue weighted by molar-refractivity contribution is 7.11. The van der Waals surface area contributed by atoms with Gasteiger partial charge in [0, 0.05) is 22.3 Å². The normalized spacial score (nSPS) is 12.3. The predicted molar refractivity (Wildman–Crippen MR) is 86.6 cm³/mol. The number of thiophene rings is 1. The number of ether oxygens (including phenoxy) is 1. The smallest absolute Gasteiger partial charge is 0.119 e. The van der Waals surface area contributed by atoms with E-state index >= 15 is 0 Å². The molecule has 108 valence electrons. The van der Waals surface area contributed by atoms with Gasteiger partial charge in [0.05, 0.1) is 6.61 Å². The van der Waals surface area contributed by atoms with E-state index in [1.54, 1.807) is 0 Å². The molecule has 2 nitrogen and oxygen atoms in total. The molecule has 0 fully saturated rings. The van der Waals surface area contributed by atoms with Crippen LogP contribution in [0.1, 0.15) is 42.1 Å². The highest BCUT2D eigenvalue weighted by atomic mass is 32.1. The lowest BCUT2D eigenvalue weighted by Crippen LogP contribution is -2.17. The monoisotopic (exact) mass is 289 g/mol. The van der Waals surface area contributed by atoms with Crippen LogP contribution in [0.5, 0.6) is 5.75 Å². The molecule has 0 saturated heterocycles. The molecule has 0 radical (unpaired) electrons. The molecule has 1 aromatic heterocycles. The van der Waals surface area contributed by atoms with Gasteiger partial charge in [-0.15, -0.1) is 11.3 Å². The van der Waals surface area contributed by atoms with Gasteiger partial charge >= 0.3 is 0 Å². The SMILES string of the molecule is CCOc1ccc(C(C)NCc2ccc(CC)s2)cc1. The second kappa shape index (κ2) is 7.46. The summed E-state index contributed by atoms with van der Waals surface area (Å²) in [6.07, 6.45) is 1.12. The van der Waals surface area contributed by atoms with Crippen molar-refractivity contribution in [2.75, 3.05) is 6.61 Å². The second-order valence-electron chi connectivity index (χ2n) is 4.83. The molecule has 1 atom stereocenters. The number of benzene rings is 1. The predicted octanol–water partition coefficient (Wildman–Crippen LogP) is 4.56. The maximum absolute atomic E-state index is 5.47. The summed E-state index contributed by atoms with van der Waals surface area (Å²) in [5, 5.41) is 3.57. The van der Waals surface area contributed by atoms with Gasteiger partial charge in [0.25, 0.3) is 0 Å². The first kappa shape index (κ1) is 15.1. The van der Waals surface area contributed by atoms with Gasteiger partial charge in [-0.2, -0.15) is 0 Å². The molecule has 1 heterocycles. The summed E-state index contributed by atoms with van der Waals surface area (Å²) in [5.74, 6) is 0.939. The molecule has 1 unspecified atom stereocenters. The Hall–Kier alpha value is -1.32. The van der Waals surface area contributed by atoms with Gasteiger partial charge in [0.15, 0.2) is 0 Å². The topological polar surface area (TPSA) is 21.3 Å². The minimum atomic E-state index is 0.345. The highest BCUT2D eigenvalue weighted by Crippen LogP contribution is 2.20. The van der Waals surface area contributed by atoms with Crippen LogP contribution >= 0.6 is 11.3 Å². The zero-order chi connectivity index (χ0) is 14.4. The third-order valence-corrected chi connectivity index (χ3v) is 4.57. The summed E-state index contributed by atoms with van der Waals surface area (Å²) >= 11 is 1.90. The van der Waals surface area contributed by atoms with Crippen molar-refractivity contribution < 1.29 is 4.74 Å². The molecule has 0 spiro atoms. The highest BCUT2D eigenvalue weighted by Gasteiger charge is 2.06. The van der Waals surface area contributed by atoms with Crippen LogP contribution in [-0.4, -0.2) is 6.61 Å². The van der Waals surface area contributed by atoms with Crippen LogP contribution in [-0.2, 0) is 13.0 Å². The first-order valence-corrected chi connectivity index (χ1v) is 8.08. The molecule has 20 heavy (non-hydrogen) atoms. The van der Waals surface area contributed by atoms with Crippen molar-refractivity contribution in [2.24, 2.45) is 0 Å². The molecule has 2 aromatic rings. The molecule has 0 amide bonds. The van der Waals surface area contributed by atoms with Crippen molar-refractivity contribution in [3.63, 3.8) is 0 Å². The number of hydrogen-bond donors (Lipinski definition) is 1. The van der Waals surface area contributed by atoms with E-state index in [2.05, 4.69) is 43.4 Å². The van der Waals surface area contributed by atoms with Gasteiger partial charge in [-0.3, -0.25) is 0 Å². The van der Waals surface area contributed by atoms with Crippen molar-refractivity contribution in [3.8, 4) is 5.75 Å². The molecular weight excluding hydrogens is 266 g/mol.